The fourth-order valence-corrected chi connectivity index (χ4v) is 3.05. The summed E-state index contributed by atoms with van der Waals surface area (Å²) in [5.74, 6) is 0.593. The normalized spacial score (nSPS) is 15.0. The number of halogens is 1. The molecule has 0 aliphatic heterocycles. The number of carbonyl (C=O) groups is 1. The number of aromatic nitrogens is 1. The minimum Gasteiger partial charge on any atom is -0.388 e. The summed E-state index contributed by atoms with van der Waals surface area (Å²) in [7, 11) is 0. The Morgan fingerprint density at radius 2 is 2.22 bits per heavy atom. The van der Waals surface area contributed by atoms with Crippen LogP contribution in [-0.4, -0.2) is 22.7 Å². The Morgan fingerprint density at radius 3 is 3.04 bits per heavy atom. The first-order valence-electron chi connectivity index (χ1n) is 7.84. The van der Waals surface area contributed by atoms with Crippen LogP contribution in [-0.2, 0) is 12.8 Å². The molecule has 2 N–H and O–H groups in total. The van der Waals surface area contributed by atoms with E-state index >= 15 is 0 Å². The predicted molar refractivity (Wildman–Crippen MR) is 86.5 cm³/mol. The van der Waals surface area contributed by atoms with Gasteiger partial charge in [-0.3, -0.25) is 4.79 Å². The SMILES string of the molecule is O=C(NCC[C@@H](O)c1cccc(Cl)c1)c1noc2c1CCCC2. The van der Waals surface area contributed by atoms with E-state index < -0.39 is 6.10 Å². The maximum atomic E-state index is 12.2. The number of aliphatic hydroxyl groups is 1. The second kappa shape index (κ2) is 7.15. The summed E-state index contributed by atoms with van der Waals surface area (Å²) in [4.78, 5) is 12.2. The van der Waals surface area contributed by atoms with E-state index in [2.05, 4.69) is 10.5 Å². The van der Waals surface area contributed by atoms with E-state index in [0.29, 0.717) is 23.7 Å². The molecular weight excluding hydrogens is 316 g/mol. The summed E-state index contributed by atoms with van der Waals surface area (Å²) in [6.07, 6.45) is 3.57. The number of benzene rings is 1. The van der Waals surface area contributed by atoms with Crippen LogP contribution in [0.5, 0.6) is 0 Å². The van der Waals surface area contributed by atoms with Gasteiger partial charge in [-0.05, 0) is 43.4 Å². The number of aryl methyl sites for hydroxylation is 1. The smallest absolute Gasteiger partial charge is 0.273 e. The van der Waals surface area contributed by atoms with Crippen LogP contribution < -0.4 is 5.32 Å². The van der Waals surface area contributed by atoms with Crippen molar-refractivity contribution in [1.29, 1.82) is 0 Å². The molecule has 1 atom stereocenters. The lowest BCUT2D eigenvalue weighted by atomic mass is 9.96. The Morgan fingerprint density at radius 1 is 1.39 bits per heavy atom. The van der Waals surface area contributed by atoms with E-state index in [1.54, 1.807) is 18.2 Å². The lowest BCUT2D eigenvalue weighted by molar-refractivity contribution is 0.0933. The molecule has 122 valence electrons. The average Bonchev–Trinajstić information content (AvgIpc) is 2.98. The summed E-state index contributed by atoms with van der Waals surface area (Å²) in [5, 5.41) is 17.4. The van der Waals surface area contributed by atoms with Crippen LogP contribution >= 0.6 is 11.6 Å². The maximum absolute atomic E-state index is 12.2. The molecular formula is C17H19ClN2O3. The Bertz CT molecular complexity index is 699. The second-order valence-electron chi connectivity index (χ2n) is 5.76. The zero-order valence-corrected chi connectivity index (χ0v) is 13.5. The first-order valence-corrected chi connectivity index (χ1v) is 8.22. The van der Waals surface area contributed by atoms with E-state index in [1.165, 1.54) is 0 Å². The highest BCUT2D eigenvalue weighted by molar-refractivity contribution is 6.30. The molecule has 0 spiro atoms. The van der Waals surface area contributed by atoms with E-state index in [-0.39, 0.29) is 5.91 Å². The third-order valence-electron chi connectivity index (χ3n) is 4.10. The fourth-order valence-electron chi connectivity index (χ4n) is 2.85. The molecule has 1 aliphatic rings. The van der Waals surface area contributed by atoms with Crippen molar-refractivity contribution in [2.45, 2.75) is 38.2 Å². The highest BCUT2D eigenvalue weighted by atomic mass is 35.5. The number of aliphatic hydroxyl groups excluding tert-OH is 1. The highest BCUT2D eigenvalue weighted by Crippen LogP contribution is 2.24. The van der Waals surface area contributed by atoms with Crippen LogP contribution in [0.1, 0.15) is 52.7 Å². The minimum atomic E-state index is -0.666. The van der Waals surface area contributed by atoms with Crippen molar-refractivity contribution in [3.63, 3.8) is 0 Å². The van der Waals surface area contributed by atoms with Gasteiger partial charge in [0.25, 0.3) is 5.91 Å². The quantitative estimate of drug-likeness (QED) is 0.881. The standard InChI is InChI=1S/C17H19ClN2O3/c18-12-5-3-4-11(10-12)14(21)8-9-19-17(22)16-13-6-1-2-7-15(13)23-20-16/h3-5,10,14,21H,1-2,6-9H2,(H,19,22)/t14-/m1/s1. The number of rotatable bonds is 5. The van der Waals surface area contributed by atoms with Crippen LogP contribution in [0, 0.1) is 0 Å². The van der Waals surface area contributed by atoms with Gasteiger partial charge in [-0.1, -0.05) is 28.9 Å². The molecule has 1 aliphatic carbocycles. The number of hydrogen-bond donors (Lipinski definition) is 2. The van der Waals surface area contributed by atoms with Gasteiger partial charge in [-0.25, -0.2) is 0 Å². The number of fused-ring (bicyclic) bond motifs is 1. The van der Waals surface area contributed by atoms with Gasteiger partial charge in [0, 0.05) is 23.6 Å². The molecule has 0 saturated heterocycles. The molecule has 5 nitrogen and oxygen atoms in total. The fraction of sp³-hybridized carbons (Fsp3) is 0.412. The first-order chi connectivity index (χ1) is 11.1. The lowest BCUT2D eigenvalue weighted by Gasteiger charge is -2.12. The van der Waals surface area contributed by atoms with Gasteiger partial charge >= 0.3 is 0 Å². The van der Waals surface area contributed by atoms with Crippen LogP contribution in [0.4, 0.5) is 0 Å². The molecule has 0 saturated carbocycles. The summed E-state index contributed by atoms with van der Waals surface area (Å²) in [5.41, 5.74) is 2.06. The molecule has 0 unspecified atom stereocenters. The molecule has 2 aromatic rings. The topological polar surface area (TPSA) is 75.4 Å². The molecule has 23 heavy (non-hydrogen) atoms. The molecule has 1 amide bonds. The van der Waals surface area contributed by atoms with Gasteiger partial charge in [0.05, 0.1) is 6.10 Å². The van der Waals surface area contributed by atoms with Crippen LogP contribution in [0.25, 0.3) is 0 Å². The lowest BCUT2D eigenvalue weighted by Crippen LogP contribution is -2.27. The van der Waals surface area contributed by atoms with Gasteiger partial charge in [-0.2, -0.15) is 0 Å². The predicted octanol–water partition coefficient (Wildman–Crippen LogP) is 3.06. The Balaban J connectivity index is 1.54. The largest absolute Gasteiger partial charge is 0.388 e. The third kappa shape index (κ3) is 3.74. The zero-order valence-electron chi connectivity index (χ0n) is 12.7. The number of nitrogens with zero attached hydrogens (tertiary/aromatic N) is 1. The van der Waals surface area contributed by atoms with Gasteiger partial charge in [0.1, 0.15) is 5.76 Å². The number of carbonyl (C=O) groups excluding carboxylic acids is 1. The molecule has 0 fully saturated rings. The molecule has 0 radical (unpaired) electrons. The number of nitrogens with one attached hydrogen (secondary N) is 1. The zero-order chi connectivity index (χ0) is 16.2. The Hall–Kier alpha value is -1.85. The molecule has 1 aromatic carbocycles. The number of amides is 1. The van der Waals surface area contributed by atoms with Gasteiger partial charge in [0.15, 0.2) is 5.69 Å². The highest BCUT2D eigenvalue weighted by Gasteiger charge is 2.23. The Kier molecular flexibility index (Phi) is 4.98. The molecule has 6 heteroatoms. The van der Waals surface area contributed by atoms with Crippen molar-refractivity contribution < 1.29 is 14.4 Å². The summed E-state index contributed by atoms with van der Waals surface area (Å²) in [6, 6.07) is 7.09. The molecule has 0 bridgehead atoms. The molecule has 1 aromatic heterocycles. The van der Waals surface area contributed by atoms with Crippen LogP contribution in [0.3, 0.4) is 0 Å². The van der Waals surface area contributed by atoms with Crippen molar-refractivity contribution in [1.82, 2.24) is 10.5 Å². The minimum absolute atomic E-state index is 0.241. The van der Waals surface area contributed by atoms with Crippen molar-refractivity contribution in [3.05, 3.63) is 51.9 Å². The molecule has 1 heterocycles. The molecule has 3 rings (SSSR count). The van der Waals surface area contributed by atoms with Crippen molar-refractivity contribution in [3.8, 4) is 0 Å². The summed E-state index contributed by atoms with van der Waals surface area (Å²) >= 11 is 5.91. The third-order valence-corrected chi connectivity index (χ3v) is 4.34. The summed E-state index contributed by atoms with van der Waals surface area (Å²) in [6.45, 7) is 0.355. The van der Waals surface area contributed by atoms with Crippen molar-refractivity contribution in [2.75, 3.05) is 6.54 Å². The van der Waals surface area contributed by atoms with Crippen molar-refractivity contribution in [2.24, 2.45) is 0 Å². The van der Waals surface area contributed by atoms with Gasteiger partial charge < -0.3 is 14.9 Å². The number of hydrogen-bond acceptors (Lipinski definition) is 4. The van der Waals surface area contributed by atoms with Gasteiger partial charge in [0.2, 0.25) is 0 Å². The van der Waals surface area contributed by atoms with Crippen LogP contribution in [0.15, 0.2) is 28.8 Å². The summed E-state index contributed by atoms with van der Waals surface area (Å²) < 4.78 is 5.24. The van der Waals surface area contributed by atoms with E-state index in [0.717, 1.165) is 42.6 Å². The first kappa shape index (κ1) is 16.0. The van der Waals surface area contributed by atoms with Crippen LogP contribution in [0.2, 0.25) is 5.02 Å². The Labute approximate surface area is 139 Å². The maximum Gasteiger partial charge on any atom is 0.273 e. The van der Waals surface area contributed by atoms with E-state index in [9.17, 15) is 9.90 Å². The second-order valence-corrected chi connectivity index (χ2v) is 6.19. The van der Waals surface area contributed by atoms with Gasteiger partial charge in [-0.15, -0.1) is 0 Å². The average molecular weight is 335 g/mol. The van der Waals surface area contributed by atoms with E-state index in [1.807, 2.05) is 6.07 Å². The van der Waals surface area contributed by atoms with Crippen molar-refractivity contribution >= 4 is 17.5 Å². The monoisotopic (exact) mass is 334 g/mol. The van der Waals surface area contributed by atoms with E-state index in [4.69, 9.17) is 16.1 Å².